The minimum Gasteiger partial charge on any atom is -0.372 e. The molecule has 6 rings (SSSR count). The smallest absolute Gasteiger partial charge is 0.247 e. The average molecular weight is 517 g/mol. The number of piperidine rings is 1. The van der Waals surface area contributed by atoms with E-state index in [1.54, 1.807) is 30.6 Å². The van der Waals surface area contributed by atoms with Gasteiger partial charge in [-0.3, -0.25) is 14.7 Å². The first-order chi connectivity index (χ1) is 18.5. The molecule has 0 radical (unpaired) electrons. The molecule has 10 heteroatoms. The summed E-state index contributed by atoms with van der Waals surface area (Å²) in [5.41, 5.74) is 2.36. The molecule has 0 bridgehead atoms. The highest BCUT2D eigenvalue weighted by Gasteiger charge is 2.51. The van der Waals surface area contributed by atoms with Crippen molar-refractivity contribution in [3.8, 4) is 16.9 Å². The lowest BCUT2D eigenvalue weighted by atomic mass is 9.85. The predicted octanol–water partition coefficient (Wildman–Crippen LogP) is 3.63. The zero-order valence-corrected chi connectivity index (χ0v) is 20.5. The number of carbonyl (C=O) groups is 1. The Bertz CT molecular complexity index is 1450. The Morgan fingerprint density at radius 3 is 2.37 bits per heavy atom. The maximum Gasteiger partial charge on any atom is 0.247 e. The van der Waals surface area contributed by atoms with Crippen LogP contribution in [0, 0.1) is 11.6 Å². The molecule has 1 atom stereocenters. The van der Waals surface area contributed by atoms with E-state index in [1.807, 2.05) is 35.2 Å². The van der Waals surface area contributed by atoms with Crippen molar-refractivity contribution in [3.05, 3.63) is 96.5 Å². The molecular weight excluding hydrogens is 490 g/mol. The van der Waals surface area contributed by atoms with Crippen LogP contribution in [0.1, 0.15) is 24.8 Å². The lowest BCUT2D eigenvalue weighted by Crippen LogP contribution is -2.56. The zero-order chi connectivity index (χ0) is 26.3. The van der Waals surface area contributed by atoms with Crippen molar-refractivity contribution < 1.29 is 18.7 Å². The van der Waals surface area contributed by atoms with Gasteiger partial charge in [0.25, 0.3) is 0 Å². The number of anilines is 1. The number of hydrogen-bond donors (Lipinski definition) is 2. The van der Waals surface area contributed by atoms with Gasteiger partial charge in [0, 0.05) is 42.8 Å². The van der Waals surface area contributed by atoms with Crippen LogP contribution in [0.3, 0.4) is 0 Å². The van der Waals surface area contributed by atoms with Gasteiger partial charge in [-0.2, -0.15) is 5.10 Å². The monoisotopic (exact) mass is 516 g/mol. The third-order valence-corrected chi connectivity index (χ3v) is 7.49. The summed E-state index contributed by atoms with van der Waals surface area (Å²) >= 11 is 0. The van der Waals surface area contributed by atoms with Gasteiger partial charge < -0.3 is 15.3 Å². The number of aliphatic hydroxyl groups excluding tert-OH is 1. The first-order valence-electron chi connectivity index (χ1n) is 12.5. The fraction of sp³-hybridized carbons (Fsp3) is 0.250. The van der Waals surface area contributed by atoms with Crippen LogP contribution in [0.15, 0.2) is 79.1 Å². The molecule has 0 saturated carbocycles. The summed E-state index contributed by atoms with van der Waals surface area (Å²) in [5, 5.41) is 18.9. The quantitative estimate of drug-likeness (QED) is 0.421. The van der Waals surface area contributed by atoms with E-state index in [-0.39, 0.29) is 5.91 Å². The number of benzene rings is 2. The second-order valence-corrected chi connectivity index (χ2v) is 9.57. The van der Waals surface area contributed by atoms with Crippen LogP contribution in [0.25, 0.3) is 16.9 Å². The summed E-state index contributed by atoms with van der Waals surface area (Å²) < 4.78 is 29.2. The van der Waals surface area contributed by atoms with Crippen LogP contribution in [-0.2, 0) is 4.79 Å². The van der Waals surface area contributed by atoms with E-state index in [9.17, 15) is 18.7 Å². The Kier molecular flexibility index (Phi) is 6.13. The number of para-hydroxylation sites is 1. The Labute approximate surface area is 218 Å². The van der Waals surface area contributed by atoms with E-state index in [2.05, 4.69) is 20.3 Å². The number of carbonyl (C=O) groups excluding carboxylic acids is 1. The van der Waals surface area contributed by atoms with Gasteiger partial charge in [0.15, 0.2) is 17.9 Å². The lowest BCUT2D eigenvalue weighted by molar-refractivity contribution is -0.126. The number of pyridine rings is 1. The number of halogens is 2. The summed E-state index contributed by atoms with van der Waals surface area (Å²) in [6.45, 7) is 1.39. The van der Waals surface area contributed by atoms with E-state index in [0.29, 0.717) is 49.7 Å². The van der Waals surface area contributed by atoms with Crippen molar-refractivity contribution in [1.82, 2.24) is 25.0 Å². The van der Waals surface area contributed by atoms with E-state index >= 15 is 0 Å². The number of hydrogen-bond acceptors (Lipinski definition) is 6. The van der Waals surface area contributed by atoms with Crippen LogP contribution >= 0.6 is 0 Å². The molecule has 8 nitrogen and oxygen atoms in total. The fourth-order valence-electron chi connectivity index (χ4n) is 5.43. The number of nitrogens with one attached hydrogen (secondary N) is 1. The number of amides is 1. The predicted molar refractivity (Wildman–Crippen MR) is 137 cm³/mol. The van der Waals surface area contributed by atoms with Gasteiger partial charge in [-0.05, 0) is 55.3 Å². The molecule has 2 aliphatic rings. The normalized spacial score (nSPS) is 18.1. The van der Waals surface area contributed by atoms with Gasteiger partial charge >= 0.3 is 0 Å². The van der Waals surface area contributed by atoms with Crippen molar-refractivity contribution >= 4 is 11.6 Å². The number of nitrogens with zero attached hydrogens (tertiary/aromatic N) is 5. The molecule has 1 spiro atoms. The van der Waals surface area contributed by atoms with E-state index < -0.39 is 23.4 Å². The highest BCUT2D eigenvalue weighted by Crippen LogP contribution is 2.38. The second-order valence-electron chi connectivity index (χ2n) is 9.57. The van der Waals surface area contributed by atoms with E-state index in [4.69, 9.17) is 0 Å². The van der Waals surface area contributed by atoms with E-state index in [1.165, 1.54) is 10.7 Å². The van der Waals surface area contributed by atoms with Crippen LogP contribution in [0.5, 0.6) is 0 Å². The largest absolute Gasteiger partial charge is 0.372 e. The second kappa shape index (κ2) is 9.62. The third-order valence-electron chi connectivity index (χ3n) is 7.49. The minimum atomic E-state index is -1.05. The maximum atomic E-state index is 14.1. The summed E-state index contributed by atoms with van der Waals surface area (Å²) in [5.74, 6) is -1.94. The highest BCUT2D eigenvalue weighted by molar-refractivity contribution is 5.93. The average Bonchev–Trinajstić information content (AvgIpc) is 3.53. The van der Waals surface area contributed by atoms with Gasteiger partial charge in [0.2, 0.25) is 5.91 Å². The van der Waals surface area contributed by atoms with Crippen LogP contribution in [-0.4, -0.2) is 56.0 Å². The molecule has 2 aromatic heterocycles. The number of aromatic nitrogens is 3. The standard InChI is InChI=1S/C28H26F2N6O2/c29-22-7-6-21(16-23(22)30)36-25(19-8-12-31-13-9-19)17-24(33-36)26(37)34-14-10-28(11-15-34)27(38)32-18-35(28)20-4-2-1-3-5-20/h1-9,12-13,16-17,26,37H,10-11,14-15,18H2,(H,32,38). The molecule has 1 amide bonds. The molecule has 4 aromatic rings. The zero-order valence-electron chi connectivity index (χ0n) is 20.5. The van der Waals surface area contributed by atoms with Crippen molar-refractivity contribution in [2.75, 3.05) is 24.7 Å². The van der Waals surface area contributed by atoms with E-state index in [0.717, 1.165) is 23.4 Å². The number of aliphatic hydroxyl groups is 1. The molecule has 2 aliphatic heterocycles. The summed E-state index contributed by atoms with van der Waals surface area (Å²) in [7, 11) is 0. The molecule has 2 aromatic carbocycles. The number of likely N-dealkylation sites (tertiary alicyclic amines) is 1. The van der Waals surface area contributed by atoms with Gasteiger partial charge in [0.05, 0.1) is 18.1 Å². The molecule has 2 N–H and O–H groups in total. The topological polar surface area (TPSA) is 86.5 Å². The summed E-state index contributed by atoms with van der Waals surface area (Å²) in [6.07, 6.45) is 3.28. The molecule has 2 saturated heterocycles. The van der Waals surface area contributed by atoms with Gasteiger partial charge in [0.1, 0.15) is 11.2 Å². The fourth-order valence-corrected chi connectivity index (χ4v) is 5.43. The Morgan fingerprint density at radius 2 is 1.66 bits per heavy atom. The Balaban J connectivity index is 1.28. The molecule has 2 fully saturated rings. The van der Waals surface area contributed by atoms with Crippen molar-refractivity contribution in [2.45, 2.75) is 24.6 Å². The Morgan fingerprint density at radius 1 is 0.921 bits per heavy atom. The summed E-state index contributed by atoms with van der Waals surface area (Å²) in [4.78, 5) is 21.0. The van der Waals surface area contributed by atoms with Gasteiger partial charge in [-0.15, -0.1) is 0 Å². The Hall–Kier alpha value is -4.15. The van der Waals surface area contributed by atoms with Crippen LogP contribution < -0.4 is 10.2 Å². The molecule has 4 heterocycles. The van der Waals surface area contributed by atoms with Crippen molar-refractivity contribution in [1.29, 1.82) is 0 Å². The maximum absolute atomic E-state index is 14.1. The van der Waals surface area contributed by atoms with Crippen molar-refractivity contribution in [2.24, 2.45) is 0 Å². The first kappa shape index (κ1) is 24.2. The van der Waals surface area contributed by atoms with Crippen molar-refractivity contribution in [3.63, 3.8) is 0 Å². The van der Waals surface area contributed by atoms with Gasteiger partial charge in [-0.25, -0.2) is 13.5 Å². The minimum absolute atomic E-state index is 0.00178. The SMILES string of the molecule is O=C1NCN(c2ccccc2)C12CCN(C(O)c1cc(-c3ccncc3)n(-c3ccc(F)c(F)c3)n1)CC2. The third kappa shape index (κ3) is 4.11. The molecule has 194 valence electrons. The molecule has 0 aliphatic carbocycles. The number of rotatable bonds is 5. The first-order valence-corrected chi connectivity index (χ1v) is 12.5. The molecular formula is C28H26F2N6O2. The summed E-state index contributed by atoms with van der Waals surface area (Å²) in [6, 6.07) is 18.7. The van der Waals surface area contributed by atoms with Crippen LogP contribution in [0.4, 0.5) is 14.5 Å². The lowest BCUT2D eigenvalue weighted by Gasteiger charge is -2.44. The van der Waals surface area contributed by atoms with Crippen LogP contribution in [0.2, 0.25) is 0 Å². The molecule has 38 heavy (non-hydrogen) atoms. The highest BCUT2D eigenvalue weighted by atomic mass is 19.2. The molecule has 1 unspecified atom stereocenters. The van der Waals surface area contributed by atoms with Gasteiger partial charge in [-0.1, -0.05) is 18.2 Å².